The molecule has 3 aromatic rings. The fourth-order valence-electron chi connectivity index (χ4n) is 4.60. The van der Waals surface area contributed by atoms with Crippen LogP contribution in [0.1, 0.15) is 40.1 Å². The number of aliphatic imine (C=N–C) groups is 1. The largest absolute Gasteiger partial charge is 0.497 e. The molecule has 0 spiro atoms. The Balaban J connectivity index is 2.01. The van der Waals surface area contributed by atoms with E-state index in [4.69, 9.17) is 21.5 Å². The maximum absolute atomic E-state index is 14.4. The maximum Gasteiger partial charge on any atom is 0.435 e. The number of primary amides is 2. The van der Waals surface area contributed by atoms with Crippen LogP contribution in [0.3, 0.4) is 0 Å². The van der Waals surface area contributed by atoms with Gasteiger partial charge in [-0.25, -0.2) is 4.99 Å². The van der Waals surface area contributed by atoms with Gasteiger partial charge >= 0.3 is 6.18 Å². The number of rotatable bonds is 6. The van der Waals surface area contributed by atoms with Crippen molar-refractivity contribution < 1.29 is 27.5 Å². The first-order chi connectivity index (χ1) is 17.4. The lowest BCUT2D eigenvalue weighted by Crippen LogP contribution is -2.48. The van der Waals surface area contributed by atoms with Crippen molar-refractivity contribution in [2.75, 3.05) is 7.11 Å². The third-order valence-corrected chi connectivity index (χ3v) is 6.37. The van der Waals surface area contributed by atoms with E-state index < -0.39 is 41.1 Å². The number of aromatic nitrogens is 2. The Kier molecular flexibility index (Phi) is 6.25. The summed E-state index contributed by atoms with van der Waals surface area (Å²) < 4.78 is 49.5. The molecule has 1 aromatic heterocycles. The molecule has 1 unspecified atom stereocenters. The molecule has 37 heavy (non-hydrogen) atoms. The quantitative estimate of drug-likeness (QED) is 0.523. The highest BCUT2D eigenvalue weighted by Crippen LogP contribution is 2.50. The number of methoxy groups -OCH3 is 1. The smallest absolute Gasteiger partial charge is 0.435 e. The molecule has 12 heteroatoms. The summed E-state index contributed by atoms with van der Waals surface area (Å²) in [6.07, 6.45) is -5.55. The fourth-order valence-corrected chi connectivity index (χ4v) is 4.60. The highest BCUT2D eigenvalue weighted by atomic mass is 19.4. The van der Waals surface area contributed by atoms with Crippen LogP contribution in [-0.4, -0.2) is 34.4 Å². The van der Waals surface area contributed by atoms with E-state index in [1.807, 2.05) is 6.07 Å². The molecule has 4 N–H and O–H groups in total. The van der Waals surface area contributed by atoms with Crippen LogP contribution in [-0.2, 0) is 27.7 Å². The van der Waals surface area contributed by atoms with Crippen LogP contribution in [0, 0.1) is 18.3 Å². The van der Waals surface area contributed by atoms with Crippen LogP contribution in [0.2, 0.25) is 0 Å². The predicted octanol–water partition coefficient (Wildman–Crippen LogP) is 2.87. The highest BCUT2D eigenvalue weighted by molar-refractivity contribution is 6.40. The van der Waals surface area contributed by atoms with E-state index >= 15 is 0 Å². The number of alkyl halides is 3. The van der Waals surface area contributed by atoms with Crippen LogP contribution < -0.4 is 16.2 Å². The summed E-state index contributed by atoms with van der Waals surface area (Å²) in [5.41, 5.74) is 8.13. The van der Waals surface area contributed by atoms with E-state index in [-0.39, 0.29) is 29.2 Å². The zero-order valence-corrected chi connectivity index (χ0v) is 19.8. The van der Waals surface area contributed by atoms with Crippen molar-refractivity contribution >= 4 is 23.2 Å². The molecule has 0 bridgehead atoms. The van der Waals surface area contributed by atoms with Crippen molar-refractivity contribution in [1.29, 1.82) is 5.26 Å². The van der Waals surface area contributed by atoms with Crippen LogP contribution >= 0.6 is 0 Å². The van der Waals surface area contributed by atoms with Gasteiger partial charge in [-0.3, -0.25) is 14.3 Å². The predicted molar refractivity (Wildman–Crippen MR) is 126 cm³/mol. The molecule has 0 radical (unpaired) electrons. The number of nitrogens with zero attached hydrogens (tertiary/aromatic N) is 4. The van der Waals surface area contributed by atoms with E-state index in [9.17, 15) is 22.8 Å². The van der Waals surface area contributed by atoms with Gasteiger partial charge in [0.25, 0.3) is 5.91 Å². The molecule has 0 aliphatic carbocycles. The lowest BCUT2D eigenvalue weighted by Gasteiger charge is -2.36. The van der Waals surface area contributed by atoms with Gasteiger partial charge in [0, 0.05) is 23.7 Å². The molecule has 4 rings (SSSR count). The number of hydrogen-bond donors (Lipinski definition) is 2. The first kappa shape index (κ1) is 25.4. The zero-order valence-electron chi connectivity index (χ0n) is 19.8. The van der Waals surface area contributed by atoms with Crippen molar-refractivity contribution in [3.8, 4) is 11.8 Å². The van der Waals surface area contributed by atoms with Crippen LogP contribution in [0.15, 0.2) is 47.5 Å². The topological polar surface area (TPSA) is 149 Å². The summed E-state index contributed by atoms with van der Waals surface area (Å²) in [7, 11) is 1.38. The van der Waals surface area contributed by atoms with Gasteiger partial charge in [-0.2, -0.15) is 23.5 Å². The van der Waals surface area contributed by atoms with E-state index in [2.05, 4.69) is 10.1 Å². The minimum absolute atomic E-state index is 0.0166. The Labute approximate surface area is 209 Å². The number of nitrogens with two attached hydrogens (primary N) is 2. The number of fused-ring (bicyclic) bond motifs is 1. The highest BCUT2D eigenvalue weighted by Gasteiger charge is 2.54. The molecule has 2 aromatic carbocycles. The number of hydrogen-bond acceptors (Lipinski definition) is 6. The Morgan fingerprint density at radius 2 is 1.86 bits per heavy atom. The number of carbonyl (C=O) groups excluding carboxylic acids is 2. The van der Waals surface area contributed by atoms with Gasteiger partial charge < -0.3 is 16.2 Å². The molecule has 190 valence electrons. The first-order valence-corrected chi connectivity index (χ1v) is 10.9. The molecule has 2 heterocycles. The van der Waals surface area contributed by atoms with Crippen LogP contribution in [0.4, 0.5) is 18.9 Å². The molecule has 0 fully saturated rings. The Morgan fingerprint density at radius 1 is 1.19 bits per heavy atom. The van der Waals surface area contributed by atoms with E-state index in [1.54, 1.807) is 12.1 Å². The third-order valence-electron chi connectivity index (χ3n) is 6.37. The Morgan fingerprint density at radius 3 is 2.41 bits per heavy atom. The van der Waals surface area contributed by atoms with Crippen molar-refractivity contribution in [2.45, 2.75) is 31.5 Å². The van der Waals surface area contributed by atoms with Gasteiger partial charge in [-0.1, -0.05) is 18.2 Å². The third kappa shape index (κ3) is 4.29. The van der Waals surface area contributed by atoms with Gasteiger partial charge in [0.1, 0.15) is 16.9 Å². The van der Waals surface area contributed by atoms with Gasteiger partial charge in [0.15, 0.2) is 5.69 Å². The molecule has 1 aliphatic heterocycles. The number of ether oxygens (including phenoxy) is 1. The minimum atomic E-state index is -4.97. The molecular formula is C25H21F3N6O3. The maximum atomic E-state index is 14.4. The Hall–Kier alpha value is -4.66. The number of halogens is 3. The summed E-state index contributed by atoms with van der Waals surface area (Å²) in [6, 6.07) is 12.5. The average Bonchev–Trinajstić information content (AvgIpc) is 3.19. The molecule has 1 atom stereocenters. The molecule has 0 saturated heterocycles. The van der Waals surface area contributed by atoms with Gasteiger partial charge in [0.05, 0.1) is 31.0 Å². The number of benzene rings is 2. The Bertz CT molecular complexity index is 1490. The van der Waals surface area contributed by atoms with Gasteiger partial charge in [0.2, 0.25) is 5.91 Å². The van der Waals surface area contributed by atoms with E-state index in [0.717, 1.165) is 4.68 Å². The number of nitriles is 1. The summed E-state index contributed by atoms with van der Waals surface area (Å²) in [4.78, 5) is 29.5. The lowest BCUT2D eigenvalue weighted by atomic mass is 9.67. The molecule has 9 nitrogen and oxygen atoms in total. The van der Waals surface area contributed by atoms with Crippen molar-refractivity contribution in [3.05, 3.63) is 76.1 Å². The van der Waals surface area contributed by atoms with Crippen molar-refractivity contribution in [3.63, 3.8) is 0 Å². The average molecular weight is 510 g/mol. The molecular weight excluding hydrogens is 489 g/mol. The summed E-state index contributed by atoms with van der Waals surface area (Å²) >= 11 is 0. The van der Waals surface area contributed by atoms with Gasteiger partial charge in [-0.05, 0) is 36.2 Å². The lowest BCUT2D eigenvalue weighted by molar-refractivity contribution is -0.142. The zero-order chi connectivity index (χ0) is 27.1. The standard InChI is InChI=1S/C25H21F3N6O3/c1-13-20(21(25(26,27)28)33-34(13)12-15-5-3-14(11-29)4-6-15)24(23(31)36)10-19(22(30)35)32-18-9-16(37-2)7-8-17(18)24/h3-9H,10,12H2,1-2H3,(H2,30,35)(H2,31,36). The van der Waals surface area contributed by atoms with E-state index in [0.29, 0.717) is 16.9 Å². The van der Waals surface area contributed by atoms with Gasteiger partial charge in [-0.15, -0.1) is 0 Å². The second-order valence-electron chi connectivity index (χ2n) is 8.53. The number of amides is 2. The summed E-state index contributed by atoms with van der Waals surface area (Å²) in [5, 5.41) is 12.8. The van der Waals surface area contributed by atoms with Crippen molar-refractivity contribution in [2.24, 2.45) is 16.5 Å². The number of carbonyl (C=O) groups is 2. The summed E-state index contributed by atoms with van der Waals surface area (Å²) in [6.45, 7) is 1.31. The first-order valence-electron chi connectivity index (χ1n) is 10.9. The van der Waals surface area contributed by atoms with Crippen molar-refractivity contribution in [1.82, 2.24) is 9.78 Å². The van der Waals surface area contributed by atoms with Crippen LogP contribution in [0.5, 0.6) is 5.75 Å². The normalized spacial score (nSPS) is 16.9. The minimum Gasteiger partial charge on any atom is -0.497 e. The monoisotopic (exact) mass is 510 g/mol. The molecule has 2 amide bonds. The summed E-state index contributed by atoms with van der Waals surface area (Å²) in [5.74, 6) is -1.83. The molecule has 1 aliphatic rings. The van der Waals surface area contributed by atoms with Crippen LogP contribution in [0.25, 0.3) is 0 Å². The fraction of sp³-hybridized carbons (Fsp3) is 0.240. The second kappa shape index (κ2) is 9.09. The van der Waals surface area contributed by atoms with E-state index in [1.165, 1.54) is 44.4 Å². The second-order valence-corrected chi connectivity index (χ2v) is 8.53. The SMILES string of the molecule is COc1ccc2c(c1)N=C(C(N)=O)CC2(C(N)=O)c1c(C(F)(F)F)nn(Cc2ccc(C#N)cc2)c1C. The molecule has 0 saturated carbocycles.